The van der Waals surface area contributed by atoms with Crippen molar-refractivity contribution in [2.75, 3.05) is 5.73 Å². The summed E-state index contributed by atoms with van der Waals surface area (Å²) in [6.45, 7) is 4.53. The molecule has 0 spiro atoms. The van der Waals surface area contributed by atoms with Gasteiger partial charge < -0.3 is 10.5 Å². The van der Waals surface area contributed by atoms with Gasteiger partial charge in [-0.2, -0.15) is 0 Å². The molecule has 0 atom stereocenters. The Kier molecular flexibility index (Phi) is 4.19. The van der Waals surface area contributed by atoms with Crippen LogP contribution in [-0.2, 0) is 4.74 Å². The summed E-state index contributed by atoms with van der Waals surface area (Å²) >= 11 is 3.33. The van der Waals surface area contributed by atoms with E-state index < -0.39 is 0 Å². The van der Waals surface area contributed by atoms with Crippen molar-refractivity contribution in [2.24, 2.45) is 5.41 Å². The maximum absolute atomic E-state index is 12.1. The smallest absolute Gasteiger partial charge is 0.338 e. The number of hydrogen-bond donors (Lipinski definition) is 1. The van der Waals surface area contributed by atoms with Crippen molar-refractivity contribution >= 4 is 27.6 Å². The molecule has 1 saturated carbocycles. The van der Waals surface area contributed by atoms with Gasteiger partial charge in [0.25, 0.3) is 0 Å². The number of ether oxygens (including phenoxy) is 1. The fourth-order valence-corrected chi connectivity index (χ4v) is 2.95. The van der Waals surface area contributed by atoms with Gasteiger partial charge in [0.05, 0.1) is 5.56 Å². The summed E-state index contributed by atoms with van der Waals surface area (Å²) in [5, 5.41) is 0. The molecule has 0 bridgehead atoms. The van der Waals surface area contributed by atoms with Crippen LogP contribution in [0.25, 0.3) is 0 Å². The maximum Gasteiger partial charge on any atom is 0.338 e. The van der Waals surface area contributed by atoms with E-state index in [0.29, 0.717) is 16.7 Å². The molecule has 1 fully saturated rings. The van der Waals surface area contributed by atoms with Gasteiger partial charge in [0.15, 0.2) is 0 Å². The van der Waals surface area contributed by atoms with Gasteiger partial charge in [-0.15, -0.1) is 0 Å². The molecule has 104 valence electrons. The summed E-state index contributed by atoms with van der Waals surface area (Å²) < 4.78 is 6.36. The third-order valence-corrected chi connectivity index (χ3v) is 4.17. The van der Waals surface area contributed by atoms with E-state index in [4.69, 9.17) is 10.5 Å². The monoisotopic (exact) mass is 325 g/mol. The molecule has 1 aromatic carbocycles. The number of benzene rings is 1. The third-order valence-electron chi connectivity index (χ3n) is 3.72. The summed E-state index contributed by atoms with van der Waals surface area (Å²) in [5.41, 5.74) is 7.18. The number of anilines is 1. The first-order chi connectivity index (χ1) is 8.85. The Morgan fingerprint density at radius 3 is 2.53 bits per heavy atom. The van der Waals surface area contributed by atoms with E-state index in [1.54, 1.807) is 18.2 Å². The Morgan fingerprint density at radius 2 is 1.95 bits per heavy atom. The number of rotatable bonds is 2. The SMILES string of the molecule is CC1(C)CCC(OC(=O)c2cc(N)cc(Br)c2)CC1. The van der Waals surface area contributed by atoms with E-state index in [1.165, 1.54) is 0 Å². The lowest BCUT2D eigenvalue weighted by molar-refractivity contribution is 0.00951. The molecular weight excluding hydrogens is 306 g/mol. The summed E-state index contributed by atoms with van der Waals surface area (Å²) in [4.78, 5) is 12.1. The fraction of sp³-hybridized carbons (Fsp3) is 0.533. The average molecular weight is 326 g/mol. The second-order valence-corrected chi connectivity index (χ2v) is 6.96. The highest BCUT2D eigenvalue weighted by atomic mass is 79.9. The minimum Gasteiger partial charge on any atom is -0.459 e. The maximum atomic E-state index is 12.1. The van der Waals surface area contributed by atoms with Gasteiger partial charge in [-0.25, -0.2) is 4.79 Å². The van der Waals surface area contributed by atoms with Crippen molar-refractivity contribution in [3.05, 3.63) is 28.2 Å². The number of halogens is 1. The van der Waals surface area contributed by atoms with Gasteiger partial charge in [0.1, 0.15) is 6.10 Å². The molecule has 2 rings (SSSR count). The van der Waals surface area contributed by atoms with Crippen molar-refractivity contribution in [2.45, 2.75) is 45.6 Å². The minimum absolute atomic E-state index is 0.0423. The Morgan fingerprint density at radius 1 is 1.32 bits per heavy atom. The second kappa shape index (κ2) is 5.53. The van der Waals surface area contributed by atoms with Crippen LogP contribution in [0.4, 0.5) is 5.69 Å². The van der Waals surface area contributed by atoms with Crippen molar-refractivity contribution < 1.29 is 9.53 Å². The van der Waals surface area contributed by atoms with Crippen LogP contribution in [-0.4, -0.2) is 12.1 Å². The average Bonchev–Trinajstić information content (AvgIpc) is 2.30. The molecule has 0 radical (unpaired) electrons. The van der Waals surface area contributed by atoms with Gasteiger partial charge >= 0.3 is 5.97 Å². The highest BCUT2D eigenvalue weighted by Gasteiger charge is 2.29. The summed E-state index contributed by atoms with van der Waals surface area (Å²) in [7, 11) is 0. The molecule has 4 heteroatoms. The number of esters is 1. The molecule has 19 heavy (non-hydrogen) atoms. The van der Waals surface area contributed by atoms with E-state index in [9.17, 15) is 4.79 Å². The van der Waals surface area contributed by atoms with E-state index in [0.717, 1.165) is 30.2 Å². The normalized spacial score (nSPS) is 19.1. The van der Waals surface area contributed by atoms with Gasteiger partial charge in [-0.3, -0.25) is 0 Å². The van der Waals surface area contributed by atoms with Crippen LogP contribution in [0.1, 0.15) is 49.9 Å². The van der Waals surface area contributed by atoms with Crippen LogP contribution in [0.5, 0.6) is 0 Å². The third kappa shape index (κ3) is 3.96. The molecular formula is C15H20BrNO2. The molecule has 0 aliphatic heterocycles. The molecule has 2 N–H and O–H groups in total. The molecule has 3 nitrogen and oxygen atoms in total. The zero-order chi connectivity index (χ0) is 14.0. The quantitative estimate of drug-likeness (QED) is 0.656. The molecule has 1 aliphatic carbocycles. The first-order valence-electron chi connectivity index (χ1n) is 6.63. The number of carbonyl (C=O) groups is 1. The molecule has 0 aromatic heterocycles. The summed E-state index contributed by atoms with van der Waals surface area (Å²) in [5.74, 6) is -0.280. The van der Waals surface area contributed by atoms with Crippen molar-refractivity contribution in [3.8, 4) is 0 Å². The zero-order valence-corrected chi connectivity index (χ0v) is 13.0. The Labute approximate surface area is 122 Å². The molecule has 1 aromatic rings. The van der Waals surface area contributed by atoms with Gasteiger partial charge in [-0.1, -0.05) is 29.8 Å². The predicted octanol–water partition coefficient (Wildman–Crippen LogP) is 4.16. The largest absolute Gasteiger partial charge is 0.459 e. The predicted molar refractivity (Wildman–Crippen MR) is 80.0 cm³/mol. The lowest BCUT2D eigenvalue weighted by Gasteiger charge is -2.33. The fourth-order valence-electron chi connectivity index (χ4n) is 2.44. The van der Waals surface area contributed by atoms with E-state index >= 15 is 0 Å². The molecule has 0 unspecified atom stereocenters. The minimum atomic E-state index is -0.280. The van der Waals surface area contributed by atoms with Gasteiger partial charge in [0.2, 0.25) is 0 Å². The summed E-state index contributed by atoms with van der Waals surface area (Å²) in [6, 6.07) is 5.16. The van der Waals surface area contributed by atoms with Crippen molar-refractivity contribution in [1.82, 2.24) is 0 Å². The van der Waals surface area contributed by atoms with E-state index in [2.05, 4.69) is 29.8 Å². The molecule has 0 heterocycles. The lowest BCUT2D eigenvalue weighted by atomic mass is 9.76. The summed E-state index contributed by atoms with van der Waals surface area (Å²) in [6.07, 6.45) is 4.14. The first kappa shape index (κ1) is 14.4. The molecule has 1 aliphatic rings. The van der Waals surface area contributed by atoms with Crippen LogP contribution in [0.15, 0.2) is 22.7 Å². The van der Waals surface area contributed by atoms with Gasteiger partial charge in [0, 0.05) is 10.2 Å². The lowest BCUT2D eigenvalue weighted by Crippen LogP contribution is -2.28. The number of carbonyl (C=O) groups excluding carboxylic acids is 1. The number of nitrogens with two attached hydrogens (primary N) is 1. The van der Waals surface area contributed by atoms with Crippen molar-refractivity contribution in [3.63, 3.8) is 0 Å². The van der Waals surface area contributed by atoms with E-state index in [-0.39, 0.29) is 12.1 Å². The van der Waals surface area contributed by atoms with Crippen LogP contribution in [0, 0.1) is 5.41 Å². The van der Waals surface area contributed by atoms with Crippen LogP contribution in [0.2, 0.25) is 0 Å². The standard InChI is InChI=1S/C15H20BrNO2/c1-15(2)5-3-13(4-6-15)19-14(18)10-7-11(16)9-12(17)8-10/h7-9,13H,3-6,17H2,1-2H3. The Hall–Kier alpha value is -1.03. The molecule has 0 amide bonds. The number of nitrogen functional groups attached to an aromatic ring is 1. The molecule has 0 saturated heterocycles. The highest BCUT2D eigenvalue weighted by Crippen LogP contribution is 2.36. The van der Waals surface area contributed by atoms with Crippen LogP contribution >= 0.6 is 15.9 Å². The van der Waals surface area contributed by atoms with Gasteiger partial charge in [-0.05, 0) is 49.3 Å². The van der Waals surface area contributed by atoms with Crippen LogP contribution in [0.3, 0.4) is 0 Å². The number of hydrogen-bond acceptors (Lipinski definition) is 3. The first-order valence-corrected chi connectivity index (χ1v) is 7.42. The van der Waals surface area contributed by atoms with Crippen molar-refractivity contribution in [1.29, 1.82) is 0 Å². The van der Waals surface area contributed by atoms with Crippen LogP contribution < -0.4 is 5.73 Å². The zero-order valence-electron chi connectivity index (χ0n) is 11.4. The second-order valence-electron chi connectivity index (χ2n) is 6.04. The Bertz CT molecular complexity index is 455. The Balaban J connectivity index is 1.98. The topological polar surface area (TPSA) is 52.3 Å². The van der Waals surface area contributed by atoms with E-state index in [1.807, 2.05) is 0 Å². The highest BCUT2D eigenvalue weighted by molar-refractivity contribution is 9.10.